The predicted molar refractivity (Wildman–Crippen MR) is 39.8 cm³/mol. The zero-order valence-electron chi connectivity index (χ0n) is 5.89. The van der Waals surface area contributed by atoms with Crippen LogP contribution in [0.3, 0.4) is 0 Å². The summed E-state index contributed by atoms with van der Waals surface area (Å²) < 4.78 is 33.3. The standard InChI is InChI=1S/C3H10NO5PS/c1-4-11(8,9)3-2-10(5,6)7/h4H,2-3H2,1H3,(H2,5,6,7). The summed E-state index contributed by atoms with van der Waals surface area (Å²) in [5.74, 6) is -0.548. The number of sulfonamides is 1. The maximum Gasteiger partial charge on any atom is 0.326 e. The van der Waals surface area contributed by atoms with Crippen LogP contribution in [0, 0.1) is 0 Å². The van der Waals surface area contributed by atoms with Crippen LogP contribution in [0.1, 0.15) is 0 Å². The van der Waals surface area contributed by atoms with Crippen molar-refractivity contribution >= 4 is 17.6 Å². The maximum absolute atomic E-state index is 10.6. The first kappa shape index (κ1) is 11.1. The Bertz CT molecular complexity index is 253. The summed E-state index contributed by atoms with van der Waals surface area (Å²) in [6.45, 7) is 0. The lowest BCUT2D eigenvalue weighted by molar-refractivity contribution is 0.374. The van der Waals surface area contributed by atoms with Gasteiger partial charge < -0.3 is 9.79 Å². The van der Waals surface area contributed by atoms with Gasteiger partial charge in [0, 0.05) is 0 Å². The average Bonchev–Trinajstić information content (AvgIpc) is 1.83. The van der Waals surface area contributed by atoms with Crippen molar-refractivity contribution in [2.24, 2.45) is 0 Å². The molecule has 0 bridgehead atoms. The van der Waals surface area contributed by atoms with Gasteiger partial charge in [-0.3, -0.25) is 4.57 Å². The molecule has 0 aromatic heterocycles. The molecule has 68 valence electrons. The minimum atomic E-state index is -4.19. The molecule has 0 aliphatic rings. The quantitative estimate of drug-likeness (QED) is 0.493. The number of rotatable bonds is 4. The molecule has 0 amide bonds. The Morgan fingerprint density at radius 2 is 1.91 bits per heavy atom. The molecule has 0 fully saturated rings. The molecule has 0 rings (SSSR count). The summed E-state index contributed by atoms with van der Waals surface area (Å²) in [5, 5.41) is 0. The fourth-order valence-corrected chi connectivity index (χ4v) is 2.46. The summed E-state index contributed by atoms with van der Waals surface area (Å²) in [4.78, 5) is 16.6. The van der Waals surface area contributed by atoms with Gasteiger partial charge >= 0.3 is 7.60 Å². The second-order valence-electron chi connectivity index (χ2n) is 1.91. The molecule has 0 aromatic carbocycles. The van der Waals surface area contributed by atoms with Crippen molar-refractivity contribution in [1.82, 2.24) is 4.72 Å². The first-order valence-electron chi connectivity index (χ1n) is 2.72. The van der Waals surface area contributed by atoms with Crippen LogP contribution in [0.25, 0.3) is 0 Å². The van der Waals surface area contributed by atoms with Gasteiger partial charge in [0.1, 0.15) is 0 Å². The van der Waals surface area contributed by atoms with E-state index < -0.39 is 29.5 Å². The molecule has 0 aliphatic carbocycles. The van der Waals surface area contributed by atoms with Crippen LogP contribution in [0.4, 0.5) is 0 Å². The number of hydrogen-bond donors (Lipinski definition) is 3. The Morgan fingerprint density at radius 3 is 2.18 bits per heavy atom. The van der Waals surface area contributed by atoms with Gasteiger partial charge in [0.2, 0.25) is 10.0 Å². The summed E-state index contributed by atoms with van der Waals surface area (Å²) in [6.07, 6.45) is -0.643. The summed E-state index contributed by atoms with van der Waals surface area (Å²) in [7, 11) is -6.50. The van der Waals surface area contributed by atoms with E-state index >= 15 is 0 Å². The molecule has 0 atom stereocenters. The monoisotopic (exact) mass is 203 g/mol. The Morgan fingerprint density at radius 1 is 1.45 bits per heavy atom. The third-order valence-corrected chi connectivity index (χ3v) is 3.43. The molecule has 6 nitrogen and oxygen atoms in total. The summed E-state index contributed by atoms with van der Waals surface area (Å²) in [5.41, 5.74) is 0. The lowest BCUT2D eigenvalue weighted by Crippen LogP contribution is -2.23. The van der Waals surface area contributed by atoms with Gasteiger partial charge in [0.25, 0.3) is 0 Å². The molecule has 0 aromatic rings. The molecule has 0 saturated heterocycles. The molecule has 0 aliphatic heterocycles. The zero-order chi connectivity index (χ0) is 9.12. The highest BCUT2D eigenvalue weighted by atomic mass is 32.2. The highest BCUT2D eigenvalue weighted by Crippen LogP contribution is 2.33. The Kier molecular flexibility index (Phi) is 3.66. The fraction of sp³-hybridized carbons (Fsp3) is 1.00. The predicted octanol–water partition coefficient (Wildman–Crippen LogP) is -1.29. The maximum atomic E-state index is 10.6. The van der Waals surface area contributed by atoms with Crippen LogP contribution in [0.2, 0.25) is 0 Å². The van der Waals surface area contributed by atoms with E-state index in [0.29, 0.717) is 0 Å². The van der Waals surface area contributed by atoms with E-state index in [1.807, 2.05) is 4.72 Å². The largest absolute Gasteiger partial charge is 0.326 e. The van der Waals surface area contributed by atoms with Crippen LogP contribution in [-0.4, -0.2) is 37.2 Å². The van der Waals surface area contributed by atoms with E-state index in [4.69, 9.17) is 9.79 Å². The minimum absolute atomic E-state index is 0.548. The molecule has 0 radical (unpaired) electrons. The van der Waals surface area contributed by atoms with E-state index in [2.05, 4.69) is 0 Å². The molecule has 8 heteroatoms. The molecular formula is C3H10NO5PS. The van der Waals surface area contributed by atoms with E-state index in [9.17, 15) is 13.0 Å². The first-order valence-corrected chi connectivity index (χ1v) is 6.17. The van der Waals surface area contributed by atoms with E-state index in [1.165, 1.54) is 7.05 Å². The van der Waals surface area contributed by atoms with Crippen molar-refractivity contribution in [2.45, 2.75) is 0 Å². The van der Waals surface area contributed by atoms with Crippen molar-refractivity contribution in [3.63, 3.8) is 0 Å². The molecular weight excluding hydrogens is 193 g/mol. The van der Waals surface area contributed by atoms with Gasteiger partial charge in [0.15, 0.2) is 0 Å². The highest BCUT2D eigenvalue weighted by Gasteiger charge is 2.17. The third-order valence-electron chi connectivity index (χ3n) is 0.962. The van der Waals surface area contributed by atoms with Crippen LogP contribution in [0.15, 0.2) is 0 Å². The van der Waals surface area contributed by atoms with Crippen LogP contribution >= 0.6 is 7.60 Å². The molecule has 0 unspecified atom stereocenters. The Balaban J connectivity index is 4.02. The van der Waals surface area contributed by atoms with Crippen LogP contribution in [0.5, 0.6) is 0 Å². The van der Waals surface area contributed by atoms with Gasteiger partial charge in [-0.15, -0.1) is 0 Å². The third kappa shape index (κ3) is 6.46. The van der Waals surface area contributed by atoms with Gasteiger partial charge in [-0.25, -0.2) is 13.1 Å². The van der Waals surface area contributed by atoms with Gasteiger partial charge in [0.05, 0.1) is 11.9 Å². The van der Waals surface area contributed by atoms with Crippen molar-refractivity contribution in [3.05, 3.63) is 0 Å². The smallest absolute Gasteiger partial charge is 0.324 e. The second-order valence-corrected chi connectivity index (χ2v) is 5.73. The normalized spacial score (nSPS) is 13.4. The lowest BCUT2D eigenvalue weighted by atomic mass is 11.0. The Hall–Kier alpha value is 0.0600. The van der Waals surface area contributed by atoms with Gasteiger partial charge in [-0.05, 0) is 7.05 Å². The Labute approximate surface area is 64.8 Å². The van der Waals surface area contributed by atoms with E-state index in [0.717, 1.165) is 0 Å². The topological polar surface area (TPSA) is 104 Å². The van der Waals surface area contributed by atoms with Crippen molar-refractivity contribution < 1.29 is 22.8 Å². The summed E-state index contributed by atoms with van der Waals surface area (Å²) >= 11 is 0. The zero-order valence-corrected chi connectivity index (χ0v) is 7.60. The SMILES string of the molecule is CNS(=O)(=O)CCP(=O)(O)O. The van der Waals surface area contributed by atoms with Gasteiger partial charge in [-0.2, -0.15) is 0 Å². The molecule has 3 N–H and O–H groups in total. The second kappa shape index (κ2) is 3.64. The number of hydrogen-bond acceptors (Lipinski definition) is 3. The summed E-state index contributed by atoms with van der Waals surface area (Å²) in [6, 6.07) is 0. The van der Waals surface area contributed by atoms with Gasteiger partial charge in [-0.1, -0.05) is 0 Å². The van der Waals surface area contributed by atoms with Crippen molar-refractivity contribution in [3.8, 4) is 0 Å². The van der Waals surface area contributed by atoms with E-state index in [1.54, 1.807) is 0 Å². The van der Waals surface area contributed by atoms with Crippen LogP contribution < -0.4 is 4.72 Å². The fourth-order valence-electron chi connectivity index (χ4n) is 0.341. The molecule has 0 spiro atoms. The average molecular weight is 203 g/mol. The lowest BCUT2D eigenvalue weighted by Gasteiger charge is -2.03. The van der Waals surface area contributed by atoms with E-state index in [-0.39, 0.29) is 0 Å². The van der Waals surface area contributed by atoms with Crippen LogP contribution in [-0.2, 0) is 14.6 Å². The van der Waals surface area contributed by atoms with Crippen molar-refractivity contribution in [1.29, 1.82) is 0 Å². The molecule has 0 saturated carbocycles. The molecule has 0 heterocycles. The first-order chi connectivity index (χ1) is 4.77. The number of nitrogens with one attached hydrogen (secondary N) is 1. The minimum Gasteiger partial charge on any atom is -0.324 e. The highest BCUT2D eigenvalue weighted by molar-refractivity contribution is 7.89. The molecule has 11 heavy (non-hydrogen) atoms. The van der Waals surface area contributed by atoms with Crippen molar-refractivity contribution in [2.75, 3.05) is 19.0 Å².